The number of nitrogens with zero attached hydrogens (tertiary/aromatic N) is 5. The van der Waals surface area contributed by atoms with Crippen LogP contribution in [0.3, 0.4) is 0 Å². The van der Waals surface area contributed by atoms with Crippen LogP contribution in [-0.4, -0.2) is 48.8 Å². The van der Waals surface area contributed by atoms with Crippen LogP contribution in [0.5, 0.6) is 0 Å². The Labute approximate surface area is 148 Å². The highest BCUT2D eigenvalue weighted by Gasteiger charge is 2.19. The van der Waals surface area contributed by atoms with E-state index in [2.05, 4.69) is 10.2 Å². The molecule has 4 rings (SSSR count). The molecule has 1 amide bonds. The molecule has 0 spiro atoms. The molecule has 1 saturated heterocycles. The average molecular weight is 357 g/mol. The number of carbonyl (C=O) groups is 1. The molecule has 0 unspecified atom stereocenters. The Morgan fingerprint density at radius 2 is 2.04 bits per heavy atom. The van der Waals surface area contributed by atoms with Crippen LogP contribution in [0.1, 0.15) is 19.3 Å². The van der Waals surface area contributed by atoms with Crippen molar-refractivity contribution in [3.8, 4) is 0 Å². The van der Waals surface area contributed by atoms with Crippen molar-refractivity contribution >= 4 is 34.3 Å². The highest BCUT2D eigenvalue weighted by Crippen LogP contribution is 2.22. The van der Waals surface area contributed by atoms with Crippen LogP contribution in [0.25, 0.3) is 16.7 Å². The predicted octanol–water partition coefficient (Wildman–Crippen LogP) is 1.69. The third-order valence-electron chi connectivity index (χ3n) is 4.57. The summed E-state index contributed by atoms with van der Waals surface area (Å²) in [7, 11) is 1.71. The lowest BCUT2D eigenvalue weighted by Crippen LogP contribution is -2.25. The summed E-state index contributed by atoms with van der Waals surface area (Å²) in [4.78, 5) is 26.0. The van der Waals surface area contributed by atoms with Gasteiger partial charge in [-0.05, 0) is 25.0 Å². The zero-order chi connectivity index (χ0) is 17.4. The number of hydrogen-bond acceptors (Lipinski definition) is 5. The van der Waals surface area contributed by atoms with Gasteiger partial charge in [-0.1, -0.05) is 23.9 Å². The number of aryl methyl sites for hydroxylation is 1. The Kier molecular flexibility index (Phi) is 4.20. The van der Waals surface area contributed by atoms with Crippen molar-refractivity contribution in [2.24, 2.45) is 7.05 Å². The lowest BCUT2D eigenvalue weighted by atomic mass is 10.2. The van der Waals surface area contributed by atoms with Gasteiger partial charge in [-0.25, -0.2) is 0 Å². The number of para-hydroxylation sites is 1. The average Bonchev–Trinajstić information content (AvgIpc) is 3.23. The molecule has 0 aliphatic carbocycles. The maximum atomic E-state index is 12.4. The van der Waals surface area contributed by atoms with Gasteiger partial charge in [0.25, 0.3) is 5.56 Å². The van der Waals surface area contributed by atoms with Crippen molar-refractivity contribution in [3.63, 3.8) is 0 Å². The highest BCUT2D eigenvalue weighted by atomic mass is 32.2. The number of carbonyl (C=O) groups excluding carboxylic acids is 1. The summed E-state index contributed by atoms with van der Waals surface area (Å²) in [6.45, 7) is 1.67. The molecule has 0 saturated carbocycles. The normalized spacial score (nSPS) is 14.9. The molecule has 2 aromatic heterocycles. The molecule has 0 bridgehead atoms. The largest absolute Gasteiger partial charge is 0.343 e. The number of rotatable bonds is 5. The molecule has 1 aliphatic heterocycles. The van der Waals surface area contributed by atoms with Gasteiger partial charge >= 0.3 is 0 Å². The van der Waals surface area contributed by atoms with E-state index < -0.39 is 0 Å². The molecule has 0 atom stereocenters. The standard InChI is InChI=1S/C17H19N5O2S/c1-20-15(24)12-6-2-3-7-13(12)22-16(20)18-19-17(22)25-11-5-10-21-9-4-8-14(21)23/h2-3,6-7H,4-5,8-11H2,1H3. The zero-order valence-electron chi connectivity index (χ0n) is 14.0. The Bertz CT molecular complexity index is 1010. The second-order valence-corrected chi connectivity index (χ2v) is 7.25. The van der Waals surface area contributed by atoms with Gasteiger partial charge in [0.05, 0.1) is 10.9 Å². The highest BCUT2D eigenvalue weighted by molar-refractivity contribution is 7.99. The van der Waals surface area contributed by atoms with Crippen LogP contribution in [0.15, 0.2) is 34.2 Å². The van der Waals surface area contributed by atoms with Gasteiger partial charge in [-0.3, -0.25) is 18.6 Å². The van der Waals surface area contributed by atoms with Crippen LogP contribution in [0.2, 0.25) is 0 Å². The van der Waals surface area contributed by atoms with Crippen molar-refractivity contribution in [2.45, 2.75) is 24.4 Å². The quantitative estimate of drug-likeness (QED) is 0.513. The van der Waals surface area contributed by atoms with Crippen molar-refractivity contribution in [1.82, 2.24) is 24.1 Å². The Morgan fingerprint density at radius 3 is 2.84 bits per heavy atom. The van der Waals surface area contributed by atoms with E-state index in [0.717, 1.165) is 42.4 Å². The van der Waals surface area contributed by atoms with E-state index in [-0.39, 0.29) is 11.5 Å². The number of benzene rings is 1. The summed E-state index contributed by atoms with van der Waals surface area (Å²) in [6.07, 6.45) is 2.57. The van der Waals surface area contributed by atoms with Gasteiger partial charge in [0.2, 0.25) is 11.7 Å². The van der Waals surface area contributed by atoms with Crippen LogP contribution in [0.4, 0.5) is 0 Å². The van der Waals surface area contributed by atoms with Gasteiger partial charge < -0.3 is 4.90 Å². The zero-order valence-corrected chi connectivity index (χ0v) is 14.8. The second kappa shape index (κ2) is 6.51. The molecule has 1 aromatic carbocycles. The Morgan fingerprint density at radius 1 is 1.20 bits per heavy atom. The topological polar surface area (TPSA) is 72.5 Å². The summed E-state index contributed by atoms with van der Waals surface area (Å²) in [5, 5.41) is 9.88. The van der Waals surface area contributed by atoms with E-state index in [9.17, 15) is 9.59 Å². The van der Waals surface area contributed by atoms with Crippen molar-refractivity contribution in [2.75, 3.05) is 18.8 Å². The van der Waals surface area contributed by atoms with Gasteiger partial charge in [-0.2, -0.15) is 0 Å². The molecular formula is C17H19N5O2S. The van der Waals surface area contributed by atoms with Gasteiger partial charge in [0, 0.05) is 32.3 Å². The molecule has 1 aliphatic rings. The maximum Gasteiger partial charge on any atom is 0.262 e. The van der Waals surface area contributed by atoms with Crippen molar-refractivity contribution in [3.05, 3.63) is 34.6 Å². The third-order valence-corrected chi connectivity index (χ3v) is 5.59. The molecule has 3 aromatic rings. The fraction of sp³-hybridized carbons (Fsp3) is 0.412. The monoisotopic (exact) mass is 357 g/mol. The summed E-state index contributed by atoms with van der Waals surface area (Å²) < 4.78 is 3.46. The first-order chi connectivity index (χ1) is 12.2. The summed E-state index contributed by atoms with van der Waals surface area (Å²) >= 11 is 1.61. The number of amides is 1. The van der Waals surface area contributed by atoms with Gasteiger partial charge in [0.1, 0.15) is 0 Å². The SMILES string of the molecule is Cn1c(=O)c2ccccc2n2c(SCCCN3CCCC3=O)nnc12. The maximum absolute atomic E-state index is 12.4. The second-order valence-electron chi connectivity index (χ2n) is 6.19. The third kappa shape index (κ3) is 2.80. The van der Waals surface area contributed by atoms with Gasteiger partial charge in [0.15, 0.2) is 5.16 Å². The minimum Gasteiger partial charge on any atom is -0.343 e. The van der Waals surface area contributed by atoms with Crippen LogP contribution < -0.4 is 5.56 Å². The molecular weight excluding hydrogens is 338 g/mol. The van der Waals surface area contributed by atoms with Gasteiger partial charge in [-0.15, -0.1) is 10.2 Å². The molecule has 8 heteroatoms. The molecule has 7 nitrogen and oxygen atoms in total. The van der Waals surface area contributed by atoms with E-state index in [1.54, 1.807) is 18.8 Å². The minimum atomic E-state index is -0.0698. The minimum absolute atomic E-state index is 0.0698. The summed E-state index contributed by atoms with van der Waals surface area (Å²) in [6, 6.07) is 7.51. The molecule has 0 N–H and O–H groups in total. The smallest absolute Gasteiger partial charge is 0.262 e. The Balaban J connectivity index is 1.58. The molecule has 3 heterocycles. The van der Waals surface area contributed by atoms with E-state index in [4.69, 9.17) is 0 Å². The lowest BCUT2D eigenvalue weighted by molar-refractivity contribution is -0.127. The van der Waals surface area contributed by atoms with E-state index >= 15 is 0 Å². The predicted molar refractivity (Wildman–Crippen MR) is 96.9 cm³/mol. The lowest BCUT2D eigenvalue weighted by Gasteiger charge is -2.14. The van der Waals surface area contributed by atoms with E-state index in [1.165, 1.54) is 4.57 Å². The first kappa shape index (κ1) is 16.1. The first-order valence-electron chi connectivity index (χ1n) is 8.40. The summed E-state index contributed by atoms with van der Waals surface area (Å²) in [5.41, 5.74) is 0.752. The van der Waals surface area contributed by atoms with Crippen LogP contribution in [0, 0.1) is 0 Å². The molecule has 1 fully saturated rings. The fourth-order valence-corrected chi connectivity index (χ4v) is 4.13. The number of thioether (sulfide) groups is 1. The first-order valence-corrected chi connectivity index (χ1v) is 9.39. The Hall–Kier alpha value is -2.35. The van der Waals surface area contributed by atoms with Crippen molar-refractivity contribution in [1.29, 1.82) is 0 Å². The van der Waals surface area contributed by atoms with E-state index in [1.807, 2.05) is 33.6 Å². The number of hydrogen-bond donors (Lipinski definition) is 0. The fourth-order valence-electron chi connectivity index (χ4n) is 3.26. The van der Waals surface area contributed by atoms with Crippen molar-refractivity contribution < 1.29 is 4.79 Å². The molecule has 25 heavy (non-hydrogen) atoms. The summed E-state index contributed by atoms with van der Waals surface area (Å²) in [5.74, 6) is 1.65. The molecule has 0 radical (unpaired) electrons. The number of likely N-dealkylation sites (tertiary alicyclic amines) is 1. The number of aromatic nitrogens is 4. The van der Waals surface area contributed by atoms with E-state index in [0.29, 0.717) is 17.6 Å². The van der Waals surface area contributed by atoms with Crippen LogP contribution >= 0.6 is 11.8 Å². The molecule has 130 valence electrons. The number of fused-ring (bicyclic) bond motifs is 3. The van der Waals surface area contributed by atoms with Crippen LogP contribution in [-0.2, 0) is 11.8 Å².